The fraction of sp³-hybridized carbons (Fsp3) is 0.231. The van der Waals surface area contributed by atoms with Crippen LogP contribution in [-0.4, -0.2) is 43.0 Å². The Hall–Kier alpha value is -4.46. The van der Waals surface area contributed by atoms with E-state index in [-0.39, 0.29) is 35.0 Å². The van der Waals surface area contributed by atoms with E-state index in [1.807, 2.05) is 0 Å². The number of hydrogen-bond acceptors (Lipinski definition) is 7. The summed E-state index contributed by atoms with van der Waals surface area (Å²) in [6.07, 6.45) is -1.97. The zero-order chi connectivity index (χ0) is 29.2. The summed E-state index contributed by atoms with van der Waals surface area (Å²) in [5.41, 5.74) is -0.342. The molecule has 4 rings (SSSR count). The van der Waals surface area contributed by atoms with Gasteiger partial charge in [-0.2, -0.15) is 13.2 Å². The number of sulfonamides is 1. The minimum Gasteiger partial charge on any atom is -0.480 e. The van der Waals surface area contributed by atoms with Gasteiger partial charge >= 0.3 is 6.18 Å². The van der Waals surface area contributed by atoms with Crippen molar-refractivity contribution in [2.45, 2.75) is 24.5 Å². The number of methoxy groups -OCH3 is 1. The number of amides is 1. The number of halogens is 3. The zero-order valence-electron chi connectivity index (χ0n) is 21.5. The molecule has 1 unspecified atom stereocenters. The number of hydrogen-bond donors (Lipinski definition) is 2. The maximum absolute atomic E-state index is 13.2. The SMILES string of the molecule is CNC(=O)C(C)Cn1cnc2ccc(-c3cnc(OC)c(NS(=O)(=O)c4cccc(C(F)(F)F)c4)c3)cc2c1=O. The zero-order valence-corrected chi connectivity index (χ0v) is 22.3. The van der Waals surface area contributed by atoms with Crippen LogP contribution in [0.5, 0.6) is 5.88 Å². The molecule has 10 nitrogen and oxygen atoms in total. The molecule has 0 saturated heterocycles. The number of carbonyl (C=O) groups is 1. The smallest absolute Gasteiger partial charge is 0.416 e. The van der Waals surface area contributed by atoms with Gasteiger partial charge in [-0.3, -0.25) is 18.9 Å². The summed E-state index contributed by atoms with van der Waals surface area (Å²) in [4.78, 5) is 32.9. The van der Waals surface area contributed by atoms with Gasteiger partial charge in [0.2, 0.25) is 11.8 Å². The molecular weight excluding hydrogens is 551 g/mol. The number of fused-ring (bicyclic) bond motifs is 1. The third kappa shape index (κ3) is 5.91. The molecule has 1 atom stereocenters. The van der Waals surface area contributed by atoms with Gasteiger partial charge in [0.25, 0.3) is 15.6 Å². The van der Waals surface area contributed by atoms with Crippen molar-refractivity contribution in [3.8, 4) is 17.0 Å². The van der Waals surface area contributed by atoms with Crippen molar-refractivity contribution in [3.05, 3.63) is 77.0 Å². The normalized spacial score (nSPS) is 12.7. The molecule has 2 aromatic carbocycles. The van der Waals surface area contributed by atoms with E-state index < -0.39 is 32.6 Å². The second-order valence-corrected chi connectivity index (χ2v) is 10.5. The van der Waals surface area contributed by atoms with E-state index in [4.69, 9.17) is 4.74 Å². The number of benzene rings is 2. The molecule has 0 saturated carbocycles. The highest BCUT2D eigenvalue weighted by Crippen LogP contribution is 2.33. The average molecular weight is 576 g/mol. The van der Waals surface area contributed by atoms with Gasteiger partial charge in [0.05, 0.1) is 40.7 Å². The lowest BCUT2D eigenvalue weighted by Crippen LogP contribution is -2.32. The molecule has 1 amide bonds. The van der Waals surface area contributed by atoms with E-state index >= 15 is 0 Å². The molecule has 0 bridgehead atoms. The van der Waals surface area contributed by atoms with E-state index in [1.54, 1.807) is 25.1 Å². The molecule has 2 aromatic heterocycles. The predicted octanol–water partition coefficient (Wildman–Crippen LogP) is 3.67. The molecule has 0 aliphatic carbocycles. The Kier molecular flexibility index (Phi) is 7.82. The van der Waals surface area contributed by atoms with Crippen LogP contribution in [0.15, 0.2) is 70.7 Å². The van der Waals surface area contributed by atoms with Crippen LogP contribution in [0.4, 0.5) is 18.9 Å². The maximum atomic E-state index is 13.2. The summed E-state index contributed by atoms with van der Waals surface area (Å²) in [5, 5.41) is 2.79. The van der Waals surface area contributed by atoms with Crippen LogP contribution in [-0.2, 0) is 27.5 Å². The summed E-state index contributed by atoms with van der Waals surface area (Å²) >= 11 is 0. The molecule has 4 aromatic rings. The van der Waals surface area contributed by atoms with Crippen LogP contribution >= 0.6 is 0 Å². The van der Waals surface area contributed by atoms with Crippen molar-refractivity contribution in [3.63, 3.8) is 0 Å². The second kappa shape index (κ2) is 11.0. The molecular formula is C26H24F3N5O5S. The molecule has 0 spiro atoms. The van der Waals surface area contributed by atoms with Gasteiger partial charge in [-0.1, -0.05) is 19.1 Å². The lowest BCUT2D eigenvalue weighted by Gasteiger charge is -2.14. The van der Waals surface area contributed by atoms with E-state index in [0.717, 1.165) is 18.2 Å². The number of ether oxygens (including phenoxy) is 1. The fourth-order valence-corrected chi connectivity index (χ4v) is 5.08. The number of aromatic nitrogens is 3. The summed E-state index contributed by atoms with van der Waals surface area (Å²) in [7, 11) is -1.70. The number of rotatable bonds is 8. The molecule has 40 heavy (non-hydrogen) atoms. The standard InChI is InChI=1S/C26H24F3N5O5S/c1-15(23(35)30-2)13-34-14-32-21-8-7-16(9-20(21)25(34)36)17-10-22(24(39-3)31-12-17)33-40(37,38)19-6-4-5-18(11-19)26(27,28)29/h4-12,14-15,33H,13H2,1-3H3,(H,30,35). The third-order valence-corrected chi connectivity index (χ3v) is 7.45. The first-order valence-electron chi connectivity index (χ1n) is 11.8. The molecule has 14 heteroatoms. The molecule has 0 radical (unpaired) electrons. The first kappa shape index (κ1) is 28.5. The molecule has 0 aliphatic rings. The summed E-state index contributed by atoms with van der Waals surface area (Å²) in [6.45, 7) is 1.79. The molecule has 0 fully saturated rings. The topological polar surface area (TPSA) is 132 Å². The molecule has 0 aliphatic heterocycles. The van der Waals surface area contributed by atoms with E-state index in [1.165, 1.54) is 37.3 Å². The highest BCUT2D eigenvalue weighted by atomic mass is 32.2. The van der Waals surface area contributed by atoms with Gasteiger partial charge in [-0.15, -0.1) is 0 Å². The van der Waals surface area contributed by atoms with Crippen LogP contribution < -0.4 is 20.3 Å². The van der Waals surface area contributed by atoms with Crippen molar-refractivity contribution >= 4 is 32.5 Å². The summed E-state index contributed by atoms with van der Waals surface area (Å²) in [6, 6.07) is 9.53. The highest BCUT2D eigenvalue weighted by Gasteiger charge is 2.32. The lowest BCUT2D eigenvalue weighted by atomic mass is 10.0. The van der Waals surface area contributed by atoms with Gasteiger partial charge in [-0.05, 0) is 42.0 Å². The number of pyridine rings is 1. The van der Waals surface area contributed by atoms with Crippen molar-refractivity contribution in [1.29, 1.82) is 0 Å². The van der Waals surface area contributed by atoms with Gasteiger partial charge < -0.3 is 10.1 Å². The average Bonchev–Trinajstić information content (AvgIpc) is 2.93. The van der Waals surface area contributed by atoms with E-state index in [2.05, 4.69) is 20.0 Å². The van der Waals surface area contributed by atoms with Crippen molar-refractivity contribution in [2.24, 2.45) is 5.92 Å². The number of nitrogens with zero attached hydrogens (tertiary/aromatic N) is 3. The largest absolute Gasteiger partial charge is 0.480 e. The lowest BCUT2D eigenvalue weighted by molar-refractivity contribution is -0.137. The van der Waals surface area contributed by atoms with Crippen molar-refractivity contribution in [1.82, 2.24) is 19.9 Å². The molecule has 2 N–H and O–H groups in total. The number of alkyl halides is 3. The summed E-state index contributed by atoms with van der Waals surface area (Å²) in [5.74, 6) is -0.833. The Labute approximate surface area is 226 Å². The van der Waals surface area contributed by atoms with Crippen LogP contribution in [0.2, 0.25) is 0 Å². The van der Waals surface area contributed by atoms with Gasteiger partial charge in [-0.25, -0.2) is 18.4 Å². The van der Waals surface area contributed by atoms with Crippen molar-refractivity contribution < 1.29 is 31.1 Å². The van der Waals surface area contributed by atoms with E-state index in [0.29, 0.717) is 22.7 Å². The van der Waals surface area contributed by atoms with Crippen molar-refractivity contribution in [2.75, 3.05) is 18.9 Å². The highest BCUT2D eigenvalue weighted by molar-refractivity contribution is 7.92. The Balaban J connectivity index is 1.72. The van der Waals surface area contributed by atoms with Crippen LogP contribution in [0.25, 0.3) is 22.0 Å². The molecule has 210 valence electrons. The Morgan fingerprint density at radius 1 is 1.10 bits per heavy atom. The van der Waals surface area contributed by atoms with Crippen LogP contribution in [0, 0.1) is 5.92 Å². The third-order valence-electron chi connectivity index (χ3n) is 6.08. The summed E-state index contributed by atoms with van der Waals surface area (Å²) < 4.78 is 74.0. The van der Waals surface area contributed by atoms with Gasteiger partial charge in [0, 0.05) is 25.4 Å². The van der Waals surface area contributed by atoms with E-state index in [9.17, 15) is 31.2 Å². The number of nitrogens with one attached hydrogen (secondary N) is 2. The number of anilines is 1. The molecule has 2 heterocycles. The van der Waals surface area contributed by atoms with Gasteiger partial charge in [0.1, 0.15) is 5.69 Å². The quantitative estimate of drug-likeness (QED) is 0.328. The predicted molar refractivity (Wildman–Crippen MR) is 141 cm³/mol. The Morgan fingerprint density at radius 3 is 2.52 bits per heavy atom. The van der Waals surface area contributed by atoms with Crippen LogP contribution in [0.1, 0.15) is 12.5 Å². The van der Waals surface area contributed by atoms with Crippen LogP contribution in [0.3, 0.4) is 0 Å². The minimum atomic E-state index is -4.73. The second-order valence-electron chi connectivity index (χ2n) is 8.86. The number of carbonyl (C=O) groups excluding carboxylic acids is 1. The fourth-order valence-electron chi connectivity index (χ4n) is 3.98. The Bertz CT molecular complexity index is 1760. The first-order valence-corrected chi connectivity index (χ1v) is 13.3. The first-order chi connectivity index (χ1) is 18.8. The maximum Gasteiger partial charge on any atom is 0.416 e. The van der Waals surface area contributed by atoms with Gasteiger partial charge in [0.15, 0.2) is 0 Å². The Morgan fingerprint density at radius 2 is 1.85 bits per heavy atom. The monoisotopic (exact) mass is 575 g/mol. The minimum absolute atomic E-state index is 0.108.